The highest BCUT2D eigenvalue weighted by atomic mass is 16.3. The molecular weight excluding hydrogens is 252 g/mol. The van der Waals surface area contributed by atoms with Gasteiger partial charge in [0.25, 0.3) is 0 Å². The number of imidazole rings is 1. The van der Waals surface area contributed by atoms with Crippen LogP contribution in [0.4, 0.5) is 0 Å². The predicted molar refractivity (Wildman–Crippen MR) is 77.3 cm³/mol. The number of aliphatic hydroxyl groups is 1. The molecule has 1 aromatic carbocycles. The topological polar surface area (TPSA) is 55.9 Å². The van der Waals surface area contributed by atoms with Crippen LogP contribution >= 0.6 is 0 Å². The zero-order chi connectivity index (χ0) is 14.1. The van der Waals surface area contributed by atoms with Gasteiger partial charge in [-0.1, -0.05) is 12.1 Å². The van der Waals surface area contributed by atoms with Gasteiger partial charge >= 0.3 is 0 Å². The molecule has 1 N–H and O–H groups in total. The molecule has 3 aromatic rings. The van der Waals surface area contributed by atoms with Gasteiger partial charge in [0.15, 0.2) is 0 Å². The molecule has 0 radical (unpaired) electrons. The monoisotopic (exact) mass is 270 g/mol. The van der Waals surface area contributed by atoms with Crippen molar-refractivity contribution in [2.24, 2.45) is 7.05 Å². The van der Waals surface area contributed by atoms with E-state index >= 15 is 0 Å². The lowest BCUT2D eigenvalue weighted by Gasteiger charge is -2.12. The second-order valence-corrected chi connectivity index (χ2v) is 4.86. The summed E-state index contributed by atoms with van der Waals surface area (Å²) in [6, 6.07) is 9.89. The predicted octanol–water partition coefficient (Wildman–Crippen LogP) is 2.07. The number of para-hydroxylation sites is 2. The van der Waals surface area contributed by atoms with E-state index in [1.165, 1.54) is 0 Å². The lowest BCUT2D eigenvalue weighted by Crippen LogP contribution is -2.11. The minimum atomic E-state index is -0.593. The fourth-order valence-electron chi connectivity index (χ4n) is 2.62. The second-order valence-electron chi connectivity index (χ2n) is 4.86. The fraction of sp³-hybridized carbons (Fsp3) is 0.333. The third kappa shape index (κ3) is 2.10. The van der Waals surface area contributed by atoms with Gasteiger partial charge in [-0.15, -0.1) is 0 Å². The van der Waals surface area contributed by atoms with Crippen molar-refractivity contribution in [2.75, 3.05) is 0 Å². The van der Waals surface area contributed by atoms with Gasteiger partial charge in [0.05, 0.1) is 16.7 Å². The average molecular weight is 270 g/mol. The maximum absolute atomic E-state index is 10.4. The third-order valence-electron chi connectivity index (χ3n) is 3.63. The van der Waals surface area contributed by atoms with E-state index < -0.39 is 6.10 Å². The molecule has 2 heterocycles. The van der Waals surface area contributed by atoms with Crippen LogP contribution in [-0.2, 0) is 20.0 Å². The molecule has 0 spiro atoms. The summed E-state index contributed by atoms with van der Waals surface area (Å²) in [5.41, 5.74) is 2.89. The van der Waals surface area contributed by atoms with Crippen molar-refractivity contribution >= 4 is 11.0 Å². The lowest BCUT2D eigenvalue weighted by atomic mass is 10.2. The van der Waals surface area contributed by atoms with Crippen molar-refractivity contribution < 1.29 is 5.11 Å². The van der Waals surface area contributed by atoms with Crippen LogP contribution in [0.1, 0.15) is 24.5 Å². The summed E-state index contributed by atoms with van der Waals surface area (Å²) in [5, 5.41) is 14.5. The first-order chi connectivity index (χ1) is 9.70. The molecule has 0 amide bonds. The number of nitrogens with zero attached hydrogens (tertiary/aromatic N) is 4. The van der Waals surface area contributed by atoms with Crippen LogP contribution in [-0.4, -0.2) is 24.4 Å². The van der Waals surface area contributed by atoms with Gasteiger partial charge in [-0.2, -0.15) is 5.10 Å². The summed E-state index contributed by atoms with van der Waals surface area (Å²) in [6.45, 7) is 2.93. The third-order valence-corrected chi connectivity index (χ3v) is 3.63. The molecule has 3 rings (SSSR count). The Balaban J connectivity index is 1.96. The molecule has 5 nitrogen and oxygen atoms in total. The molecule has 0 fully saturated rings. The number of hydrogen-bond acceptors (Lipinski definition) is 3. The van der Waals surface area contributed by atoms with Crippen LogP contribution < -0.4 is 0 Å². The number of fused-ring (bicyclic) bond motifs is 1. The Bertz CT molecular complexity index is 728. The van der Waals surface area contributed by atoms with Crippen LogP contribution in [0.15, 0.2) is 36.5 Å². The molecule has 1 unspecified atom stereocenters. The van der Waals surface area contributed by atoms with Gasteiger partial charge in [-0.05, 0) is 25.1 Å². The van der Waals surface area contributed by atoms with E-state index in [4.69, 9.17) is 0 Å². The lowest BCUT2D eigenvalue weighted by molar-refractivity contribution is 0.165. The average Bonchev–Trinajstić information content (AvgIpc) is 3.01. The van der Waals surface area contributed by atoms with E-state index in [1.807, 2.05) is 31.3 Å². The zero-order valence-electron chi connectivity index (χ0n) is 11.7. The second kappa shape index (κ2) is 5.09. The molecule has 5 heteroatoms. The summed E-state index contributed by atoms with van der Waals surface area (Å²) in [6.07, 6.45) is 1.59. The Morgan fingerprint density at radius 3 is 2.75 bits per heavy atom. The van der Waals surface area contributed by atoms with E-state index in [0.29, 0.717) is 6.42 Å². The smallest absolute Gasteiger partial charge is 0.112 e. The largest absolute Gasteiger partial charge is 0.386 e. The molecule has 0 saturated carbocycles. The summed E-state index contributed by atoms with van der Waals surface area (Å²) < 4.78 is 3.85. The molecule has 104 valence electrons. The minimum Gasteiger partial charge on any atom is -0.386 e. The molecule has 0 aliphatic rings. The number of rotatable bonds is 4. The van der Waals surface area contributed by atoms with Crippen LogP contribution in [0.25, 0.3) is 11.0 Å². The fourth-order valence-corrected chi connectivity index (χ4v) is 2.62. The summed E-state index contributed by atoms with van der Waals surface area (Å²) in [4.78, 5) is 4.64. The summed E-state index contributed by atoms with van der Waals surface area (Å²) in [5.74, 6) is 0.905. The molecule has 20 heavy (non-hydrogen) atoms. The number of aliphatic hydroxyl groups excluding tert-OH is 1. The van der Waals surface area contributed by atoms with E-state index in [9.17, 15) is 5.11 Å². The van der Waals surface area contributed by atoms with Crippen LogP contribution in [0.3, 0.4) is 0 Å². The summed E-state index contributed by atoms with van der Waals surface area (Å²) >= 11 is 0. The Labute approximate surface area is 117 Å². The van der Waals surface area contributed by atoms with Gasteiger partial charge < -0.3 is 9.67 Å². The van der Waals surface area contributed by atoms with Gasteiger partial charge in [0.2, 0.25) is 0 Å². The van der Waals surface area contributed by atoms with Gasteiger partial charge in [0, 0.05) is 26.2 Å². The van der Waals surface area contributed by atoms with Crippen molar-refractivity contribution in [3.05, 3.63) is 48.0 Å². The van der Waals surface area contributed by atoms with Gasteiger partial charge in [-0.25, -0.2) is 4.98 Å². The molecule has 1 atom stereocenters. The zero-order valence-corrected chi connectivity index (χ0v) is 11.7. The number of aromatic nitrogens is 4. The number of aryl methyl sites for hydroxylation is 2. The first-order valence-corrected chi connectivity index (χ1v) is 6.80. The first kappa shape index (κ1) is 12.9. The molecule has 0 aliphatic heterocycles. The van der Waals surface area contributed by atoms with Crippen LogP contribution in [0.2, 0.25) is 0 Å². The highest BCUT2D eigenvalue weighted by molar-refractivity contribution is 5.75. The van der Waals surface area contributed by atoms with Crippen molar-refractivity contribution in [1.29, 1.82) is 0 Å². The van der Waals surface area contributed by atoms with Crippen molar-refractivity contribution in [3.8, 4) is 0 Å². The number of hydrogen-bond donors (Lipinski definition) is 1. The van der Waals surface area contributed by atoms with E-state index in [0.717, 1.165) is 29.1 Å². The maximum atomic E-state index is 10.4. The Kier molecular flexibility index (Phi) is 3.28. The van der Waals surface area contributed by atoms with Gasteiger partial charge in [-0.3, -0.25) is 4.68 Å². The highest BCUT2D eigenvalue weighted by Gasteiger charge is 2.17. The maximum Gasteiger partial charge on any atom is 0.112 e. The molecule has 0 saturated heterocycles. The van der Waals surface area contributed by atoms with Crippen LogP contribution in [0.5, 0.6) is 0 Å². The highest BCUT2D eigenvalue weighted by Crippen LogP contribution is 2.21. The first-order valence-electron chi connectivity index (χ1n) is 6.80. The van der Waals surface area contributed by atoms with Crippen LogP contribution in [0, 0.1) is 0 Å². The Hall–Kier alpha value is -2.14. The summed E-state index contributed by atoms with van der Waals surface area (Å²) in [7, 11) is 1.83. The van der Waals surface area contributed by atoms with E-state index in [2.05, 4.69) is 27.6 Å². The Morgan fingerprint density at radius 1 is 1.25 bits per heavy atom. The van der Waals surface area contributed by atoms with Crippen molar-refractivity contribution in [2.45, 2.75) is 26.0 Å². The molecular formula is C15H18N4O. The van der Waals surface area contributed by atoms with Crippen molar-refractivity contribution in [1.82, 2.24) is 19.3 Å². The normalized spacial score (nSPS) is 12.9. The Morgan fingerprint density at radius 2 is 2.05 bits per heavy atom. The molecule has 0 bridgehead atoms. The van der Waals surface area contributed by atoms with Gasteiger partial charge in [0.1, 0.15) is 11.9 Å². The number of benzene rings is 1. The van der Waals surface area contributed by atoms with E-state index in [1.54, 1.807) is 10.9 Å². The molecule has 0 aliphatic carbocycles. The minimum absolute atomic E-state index is 0.488. The SMILES string of the molecule is CCn1c(CC(O)c2ccnn2C)nc2ccccc21. The molecule has 2 aromatic heterocycles. The standard InChI is InChI=1S/C15H18N4O/c1-3-19-12-7-5-4-6-11(12)17-15(19)10-14(20)13-8-9-16-18(13)2/h4-9,14,20H,3,10H2,1-2H3. The van der Waals surface area contributed by atoms with E-state index in [-0.39, 0.29) is 0 Å². The quantitative estimate of drug-likeness (QED) is 0.789. The van der Waals surface area contributed by atoms with Crippen molar-refractivity contribution in [3.63, 3.8) is 0 Å².